The van der Waals surface area contributed by atoms with Gasteiger partial charge in [-0.25, -0.2) is 4.39 Å². The van der Waals surface area contributed by atoms with Crippen molar-refractivity contribution in [3.05, 3.63) is 52.0 Å². The molecule has 0 unspecified atom stereocenters. The molecular weight excluding hydrogens is 297 g/mol. The summed E-state index contributed by atoms with van der Waals surface area (Å²) in [5.41, 5.74) is 2.30. The van der Waals surface area contributed by atoms with Crippen molar-refractivity contribution < 1.29 is 4.39 Å². The third-order valence-corrected chi connectivity index (χ3v) is 3.24. The minimum Gasteiger partial charge on any atom is -0.381 e. The number of hydrogen-bond donors (Lipinski definition) is 1. The Balaban J connectivity index is 2.07. The maximum absolute atomic E-state index is 13.3. The summed E-state index contributed by atoms with van der Waals surface area (Å²) in [5, 5.41) is 11.9. The molecule has 1 N–H and O–H groups in total. The summed E-state index contributed by atoms with van der Waals surface area (Å²) in [5.74, 6) is -0.300. The Morgan fingerprint density at radius 3 is 2.83 bits per heavy atom. The molecule has 1 aromatic heterocycles. The SMILES string of the molecule is Cn1cc(CNc2ccc(Br)c(F)c2)cc1C#N. The largest absolute Gasteiger partial charge is 0.381 e. The summed E-state index contributed by atoms with van der Waals surface area (Å²) in [6.07, 6.45) is 1.88. The molecule has 0 aliphatic rings. The van der Waals surface area contributed by atoms with Crippen LogP contribution >= 0.6 is 15.9 Å². The van der Waals surface area contributed by atoms with Crippen molar-refractivity contribution in [2.75, 3.05) is 5.32 Å². The number of nitrogens with zero attached hydrogens (tertiary/aromatic N) is 2. The lowest BCUT2D eigenvalue weighted by Gasteiger charge is -2.05. The van der Waals surface area contributed by atoms with E-state index in [1.165, 1.54) is 6.07 Å². The second-order valence-corrected chi connectivity index (χ2v) is 4.79. The first-order valence-electron chi connectivity index (χ1n) is 5.34. The van der Waals surface area contributed by atoms with Gasteiger partial charge in [-0.05, 0) is 45.8 Å². The lowest BCUT2D eigenvalue weighted by Crippen LogP contribution is -1.98. The van der Waals surface area contributed by atoms with Gasteiger partial charge in [0, 0.05) is 25.5 Å². The van der Waals surface area contributed by atoms with Crippen LogP contribution in [-0.2, 0) is 13.6 Å². The summed E-state index contributed by atoms with van der Waals surface area (Å²) < 4.78 is 15.5. The predicted molar refractivity (Wildman–Crippen MR) is 71.6 cm³/mol. The third-order valence-electron chi connectivity index (χ3n) is 2.59. The molecule has 0 spiro atoms. The van der Waals surface area contributed by atoms with Crippen LogP contribution in [0.3, 0.4) is 0 Å². The minimum atomic E-state index is -0.300. The number of rotatable bonds is 3. The fraction of sp³-hybridized carbons (Fsp3) is 0.154. The van der Waals surface area contributed by atoms with Crippen LogP contribution < -0.4 is 5.32 Å². The number of aromatic nitrogens is 1. The third kappa shape index (κ3) is 2.71. The zero-order chi connectivity index (χ0) is 13.1. The van der Waals surface area contributed by atoms with E-state index in [0.29, 0.717) is 22.4 Å². The molecule has 0 saturated carbocycles. The molecule has 0 aliphatic heterocycles. The zero-order valence-electron chi connectivity index (χ0n) is 9.74. The standard InChI is InChI=1S/C13H11BrFN3/c1-18-8-9(4-11(18)6-16)7-17-10-2-3-12(14)13(15)5-10/h2-5,8,17H,7H2,1H3. The van der Waals surface area contributed by atoms with Crippen LogP contribution in [0.15, 0.2) is 34.9 Å². The van der Waals surface area contributed by atoms with E-state index in [2.05, 4.69) is 27.3 Å². The van der Waals surface area contributed by atoms with Crippen LogP contribution in [0.2, 0.25) is 0 Å². The number of anilines is 1. The Hall–Kier alpha value is -1.80. The molecule has 2 rings (SSSR count). The Morgan fingerprint density at radius 1 is 1.44 bits per heavy atom. The van der Waals surface area contributed by atoms with E-state index in [4.69, 9.17) is 5.26 Å². The van der Waals surface area contributed by atoms with Crippen molar-refractivity contribution in [2.45, 2.75) is 6.54 Å². The first kappa shape index (κ1) is 12.7. The number of nitrogens with one attached hydrogen (secondary N) is 1. The Morgan fingerprint density at radius 2 is 2.22 bits per heavy atom. The lowest BCUT2D eigenvalue weighted by atomic mass is 10.2. The van der Waals surface area contributed by atoms with Crippen molar-refractivity contribution in [3.63, 3.8) is 0 Å². The molecular formula is C13H11BrFN3. The summed E-state index contributed by atoms with van der Waals surface area (Å²) in [4.78, 5) is 0. The van der Waals surface area contributed by atoms with E-state index in [0.717, 1.165) is 5.56 Å². The first-order valence-corrected chi connectivity index (χ1v) is 6.13. The fourth-order valence-corrected chi connectivity index (χ4v) is 1.90. The quantitative estimate of drug-likeness (QED) is 0.944. The fourth-order valence-electron chi connectivity index (χ4n) is 1.65. The van der Waals surface area contributed by atoms with Crippen molar-refractivity contribution in [2.24, 2.45) is 7.05 Å². The number of nitriles is 1. The van der Waals surface area contributed by atoms with E-state index in [9.17, 15) is 4.39 Å². The lowest BCUT2D eigenvalue weighted by molar-refractivity contribution is 0.621. The van der Waals surface area contributed by atoms with Gasteiger partial charge >= 0.3 is 0 Å². The molecule has 2 aromatic rings. The zero-order valence-corrected chi connectivity index (χ0v) is 11.3. The number of hydrogen-bond acceptors (Lipinski definition) is 2. The van der Waals surface area contributed by atoms with Crippen LogP contribution in [-0.4, -0.2) is 4.57 Å². The van der Waals surface area contributed by atoms with Crippen LogP contribution in [0, 0.1) is 17.1 Å². The van der Waals surface area contributed by atoms with E-state index in [-0.39, 0.29) is 5.82 Å². The first-order chi connectivity index (χ1) is 8.60. The van der Waals surface area contributed by atoms with Crippen LogP contribution in [0.25, 0.3) is 0 Å². The molecule has 5 heteroatoms. The molecule has 0 amide bonds. The van der Waals surface area contributed by atoms with Crippen LogP contribution in [0.5, 0.6) is 0 Å². The van der Waals surface area contributed by atoms with Gasteiger partial charge in [0.1, 0.15) is 17.6 Å². The summed E-state index contributed by atoms with van der Waals surface area (Å²) >= 11 is 3.11. The Kier molecular flexibility index (Phi) is 3.68. The maximum atomic E-state index is 13.3. The smallest absolute Gasteiger partial charge is 0.139 e. The number of halogens is 2. The van der Waals surface area contributed by atoms with Crippen molar-refractivity contribution in [1.29, 1.82) is 5.26 Å². The van der Waals surface area contributed by atoms with Crippen molar-refractivity contribution >= 4 is 21.6 Å². The predicted octanol–water partition coefficient (Wildman–Crippen LogP) is 3.41. The molecule has 0 bridgehead atoms. The van der Waals surface area contributed by atoms with Crippen LogP contribution in [0.1, 0.15) is 11.3 Å². The second-order valence-electron chi connectivity index (χ2n) is 3.94. The second kappa shape index (κ2) is 5.23. The average molecular weight is 308 g/mol. The normalized spacial score (nSPS) is 10.1. The highest BCUT2D eigenvalue weighted by Crippen LogP contribution is 2.20. The molecule has 18 heavy (non-hydrogen) atoms. The molecule has 1 heterocycles. The summed E-state index contributed by atoms with van der Waals surface area (Å²) in [7, 11) is 1.82. The summed E-state index contributed by atoms with van der Waals surface area (Å²) in [6, 6.07) is 8.79. The molecule has 3 nitrogen and oxygen atoms in total. The topological polar surface area (TPSA) is 40.8 Å². The van der Waals surface area contributed by atoms with E-state index in [1.54, 1.807) is 16.7 Å². The van der Waals surface area contributed by atoms with Gasteiger partial charge in [-0.15, -0.1) is 0 Å². The Labute approximate surface area is 113 Å². The highest BCUT2D eigenvalue weighted by Gasteiger charge is 2.03. The van der Waals surface area contributed by atoms with E-state index < -0.39 is 0 Å². The number of benzene rings is 1. The van der Waals surface area contributed by atoms with Crippen molar-refractivity contribution in [1.82, 2.24) is 4.57 Å². The van der Waals surface area contributed by atoms with Crippen LogP contribution in [0.4, 0.5) is 10.1 Å². The van der Waals surface area contributed by atoms with Gasteiger partial charge in [0.2, 0.25) is 0 Å². The molecule has 0 radical (unpaired) electrons. The van der Waals surface area contributed by atoms with Gasteiger partial charge < -0.3 is 9.88 Å². The van der Waals surface area contributed by atoms with Gasteiger partial charge in [0.15, 0.2) is 0 Å². The minimum absolute atomic E-state index is 0.300. The highest BCUT2D eigenvalue weighted by molar-refractivity contribution is 9.10. The van der Waals surface area contributed by atoms with Gasteiger partial charge in [0.25, 0.3) is 0 Å². The van der Waals surface area contributed by atoms with Gasteiger partial charge in [0.05, 0.1) is 4.47 Å². The van der Waals surface area contributed by atoms with E-state index in [1.807, 2.05) is 19.3 Å². The highest BCUT2D eigenvalue weighted by atomic mass is 79.9. The molecule has 0 atom stereocenters. The van der Waals surface area contributed by atoms with Gasteiger partial charge in [-0.3, -0.25) is 0 Å². The maximum Gasteiger partial charge on any atom is 0.139 e. The molecule has 0 aliphatic carbocycles. The van der Waals surface area contributed by atoms with Gasteiger partial charge in [-0.1, -0.05) is 0 Å². The van der Waals surface area contributed by atoms with Crippen molar-refractivity contribution in [3.8, 4) is 6.07 Å². The number of aryl methyl sites for hydroxylation is 1. The molecule has 0 fully saturated rings. The molecule has 0 saturated heterocycles. The molecule has 92 valence electrons. The Bertz CT molecular complexity index is 613. The average Bonchev–Trinajstić information content (AvgIpc) is 2.71. The van der Waals surface area contributed by atoms with Gasteiger partial charge in [-0.2, -0.15) is 5.26 Å². The molecule has 1 aromatic carbocycles. The monoisotopic (exact) mass is 307 g/mol. The van der Waals surface area contributed by atoms with E-state index >= 15 is 0 Å². The summed E-state index contributed by atoms with van der Waals surface area (Å²) in [6.45, 7) is 0.552.